The maximum atomic E-state index is 11.8. The summed E-state index contributed by atoms with van der Waals surface area (Å²) < 4.78 is 20.9. The van der Waals surface area contributed by atoms with Gasteiger partial charge in [-0.05, 0) is 24.6 Å². The van der Waals surface area contributed by atoms with Crippen LogP contribution in [-0.2, 0) is 9.53 Å². The van der Waals surface area contributed by atoms with E-state index in [9.17, 15) is 4.79 Å². The van der Waals surface area contributed by atoms with Gasteiger partial charge in [-0.25, -0.2) is 0 Å². The van der Waals surface area contributed by atoms with Crippen molar-refractivity contribution < 1.29 is 23.7 Å². The van der Waals surface area contributed by atoms with Crippen LogP contribution < -0.4 is 14.2 Å². The van der Waals surface area contributed by atoms with Gasteiger partial charge in [0.1, 0.15) is 4.83 Å². The molecule has 0 saturated carbocycles. The molecule has 0 radical (unpaired) electrons. The molecular formula is C14H18Br2O5. The van der Waals surface area contributed by atoms with Gasteiger partial charge in [-0.3, -0.25) is 4.79 Å². The number of halogens is 2. The highest BCUT2D eigenvalue weighted by Gasteiger charge is 2.28. The van der Waals surface area contributed by atoms with Crippen LogP contribution in [-0.4, -0.2) is 38.7 Å². The molecule has 0 N–H and O–H groups in total. The first kappa shape index (κ1) is 18.1. The molecule has 1 aromatic carbocycles. The summed E-state index contributed by atoms with van der Waals surface area (Å²) >= 11 is 6.84. The number of carbonyl (C=O) groups is 1. The molecule has 1 aromatic rings. The van der Waals surface area contributed by atoms with E-state index in [0.717, 1.165) is 5.56 Å². The molecule has 118 valence electrons. The summed E-state index contributed by atoms with van der Waals surface area (Å²) in [5.41, 5.74) is 0.805. The zero-order chi connectivity index (χ0) is 16.0. The van der Waals surface area contributed by atoms with Gasteiger partial charge in [0.2, 0.25) is 5.75 Å². The van der Waals surface area contributed by atoms with Crippen molar-refractivity contribution >= 4 is 37.8 Å². The van der Waals surface area contributed by atoms with Crippen LogP contribution in [0.1, 0.15) is 17.3 Å². The van der Waals surface area contributed by atoms with Gasteiger partial charge in [0.05, 0.1) is 32.8 Å². The number of hydrogen-bond acceptors (Lipinski definition) is 5. The van der Waals surface area contributed by atoms with Crippen molar-refractivity contribution in [1.29, 1.82) is 0 Å². The highest BCUT2D eigenvalue weighted by molar-refractivity contribution is 9.12. The SMILES string of the molecule is CCOC(=O)C(Br)C(Br)c1cc(OC)c(OC)c(OC)c1. The molecule has 0 aliphatic rings. The summed E-state index contributed by atoms with van der Waals surface area (Å²) in [6.07, 6.45) is 0. The van der Waals surface area contributed by atoms with E-state index < -0.39 is 4.83 Å². The molecule has 5 nitrogen and oxygen atoms in total. The molecule has 2 unspecified atom stereocenters. The molecule has 0 aliphatic heterocycles. The van der Waals surface area contributed by atoms with E-state index in [4.69, 9.17) is 18.9 Å². The van der Waals surface area contributed by atoms with Crippen molar-refractivity contribution in [3.05, 3.63) is 17.7 Å². The number of benzene rings is 1. The van der Waals surface area contributed by atoms with Gasteiger partial charge in [0.25, 0.3) is 0 Å². The Balaban J connectivity index is 3.15. The predicted molar refractivity (Wildman–Crippen MR) is 87.1 cm³/mol. The Morgan fingerprint density at radius 3 is 2.00 bits per heavy atom. The third-order valence-electron chi connectivity index (χ3n) is 2.77. The smallest absolute Gasteiger partial charge is 0.321 e. The maximum absolute atomic E-state index is 11.8. The molecule has 2 atom stereocenters. The Labute approximate surface area is 141 Å². The fraction of sp³-hybridized carbons (Fsp3) is 0.500. The minimum absolute atomic E-state index is 0.301. The van der Waals surface area contributed by atoms with Crippen molar-refractivity contribution in [2.24, 2.45) is 0 Å². The van der Waals surface area contributed by atoms with E-state index in [-0.39, 0.29) is 10.8 Å². The van der Waals surface area contributed by atoms with Crippen molar-refractivity contribution in [1.82, 2.24) is 0 Å². The standard InChI is InChI=1S/C14H18Br2O5/c1-5-21-14(17)12(16)11(15)8-6-9(18-2)13(20-4)10(7-8)19-3/h6-7,11-12H,5H2,1-4H3. The Hall–Kier alpha value is -0.950. The van der Waals surface area contributed by atoms with Crippen LogP contribution in [0.15, 0.2) is 12.1 Å². The zero-order valence-corrected chi connectivity index (χ0v) is 15.5. The molecular weight excluding hydrogens is 408 g/mol. The Morgan fingerprint density at radius 1 is 1.10 bits per heavy atom. The van der Waals surface area contributed by atoms with E-state index in [1.807, 2.05) is 0 Å². The van der Waals surface area contributed by atoms with Crippen LogP contribution in [0.5, 0.6) is 17.2 Å². The van der Waals surface area contributed by atoms with Gasteiger partial charge in [0, 0.05) is 0 Å². The molecule has 21 heavy (non-hydrogen) atoms. The molecule has 0 saturated heterocycles. The second-order valence-electron chi connectivity index (χ2n) is 4.01. The molecule has 0 spiro atoms. The van der Waals surface area contributed by atoms with Gasteiger partial charge in [0.15, 0.2) is 11.5 Å². The summed E-state index contributed by atoms with van der Waals surface area (Å²) in [6.45, 7) is 2.09. The summed E-state index contributed by atoms with van der Waals surface area (Å²) in [4.78, 5) is 11.0. The average molecular weight is 426 g/mol. The monoisotopic (exact) mass is 424 g/mol. The molecule has 1 rings (SSSR count). The van der Waals surface area contributed by atoms with Crippen molar-refractivity contribution in [3.63, 3.8) is 0 Å². The fourth-order valence-electron chi connectivity index (χ4n) is 1.77. The number of alkyl halides is 2. The molecule has 0 heterocycles. The zero-order valence-electron chi connectivity index (χ0n) is 12.3. The molecule has 7 heteroatoms. The molecule has 0 bridgehead atoms. The van der Waals surface area contributed by atoms with E-state index >= 15 is 0 Å². The molecule has 0 aromatic heterocycles. The van der Waals surface area contributed by atoms with Crippen molar-refractivity contribution in [2.45, 2.75) is 16.6 Å². The second kappa shape index (κ2) is 8.48. The first-order valence-corrected chi connectivity index (χ1v) is 8.07. The minimum Gasteiger partial charge on any atom is -0.493 e. The highest BCUT2D eigenvalue weighted by atomic mass is 79.9. The van der Waals surface area contributed by atoms with Crippen LogP contribution >= 0.6 is 31.9 Å². The number of methoxy groups -OCH3 is 3. The van der Waals surface area contributed by atoms with Gasteiger partial charge in [-0.1, -0.05) is 31.9 Å². The molecule has 0 fully saturated rings. The number of esters is 1. The lowest BCUT2D eigenvalue weighted by atomic mass is 10.1. The van der Waals surface area contributed by atoms with Gasteiger partial charge in [-0.2, -0.15) is 0 Å². The third-order valence-corrected chi connectivity index (χ3v) is 5.44. The van der Waals surface area contributed by atoms with Crippen molar-refractivity contribution in [2.75, 3.05) is 27.9 Å². The number of ether oxygens (including phenoxy) is 4. The third kappa shape index (κ3) is 4.26. The van der Waals surface area contributed by atoms with Crippen LogP contribution in [0.25, 0.3) is 0 Å². The lowest BCUT2D eigenvalue weighted by Gasteiger charge is -2.19. The van der Waals surface area contributed by atoms with Crippen molar-refractivity contribution in [3.8, 4) is 17.2 Å². The molecule has 0 amide bonds. The van der Waals surface area contributed by atoms with Gasteiger partial charge in [-0.15, -0.1) is 0 Å². The highest BCUT2D eigenvalue weighted by Crippen LogP contribution is 2.43. The lowest BCUT2D eigenvalue weighted by Crippen LogP contribution is -2.21. The maximum Gasteiger partial charge on any atom is 0.321 e. The van der Waals surface area contributed by atoms with E-state index in [2.05, 4.69) is 31.9 Å². The Kier molecular flexibility index (Phi) is 7.31. The number of carbonyl (C=O) groups excluding carboxylic acids is 1. The number of hydrogen-bond donors (Lipinski definition) is 0. The lowest BCUT2D eigenvalue weighted by molar-refractivity contribution is -0.142. The van der Waals surface area contributed by atoms with E-state index in [1.54, 1.807) is 33.3 Å². The molecule has 0 aliphatic carbocycles. The van der Waals surface area contributed by atoms with Crippen LogP contribution in [0.4, 0.5) is 0 Å². The summed E-state index contributed by atoms with van der Waals surface area (Å²) in [5.74, 6) is 1.22. The van der Waals surface area contributed by atoms with Crippen LogP contribution in [0, 0.1) is 0 Å². The Bertz CT molecular complexity index is 467. The first-order chi connectivity index (χ1) is 9.99. The van der Waals surface area contributed by atoms with Crippen LogP contribution in [0.2, 0.25) is 0 Å². The Morgan fingerprint density at radius 2 is 1.62 bits per heavy atom. The first-order valence-electron chi connectivity index (χ1n) is 6.24. The largest absolute Gasteiger partial charge is 0.493 e. The summed E-state index contributed by atoms with van der Waals surface area (Å²) in [7, 11) is 4.63. The van der Waals surface area contributed by atoms with Gasteiger partial charge < -0.3 is 18.9 Å². The predicted octanol–water partition coefficient (Wildman–Crippen LogP) is 3.48. The number of rotatable bonds is 7. The van der Waals surface area contributed by atoms with E-state index in [0.29, 0.717) is 23.9 Å². The second-order valence-corrected chi connectivity index (χ2v) is 5.99. The van der Waals surface area contributed by atoms with Crippen LogP contribution in [0.3, 0.4) is 0 Å². The fourth-order valence-corrected chi connectivity index (χ4v) is 2.69. The quantitative estimate of drug-likeness (QED) is 0.494. The van der Waals surface area contributed by atoms with Gasteiger partial charge >= 0.3 is 5.97 Å². The summed E-state index contributed by atoms with van der Waals surface area (Å²) in [6, 6.07) is 3.57. The summed E-state index contributed by atoms with van der Waals surface area (Å²) in [5, 5.41) is 0. The topological polar surface area (TPSA) is 54.0 Å². The normalized spacial score (nSPS) is 13.2. The average Bonchev–Trinajstić information content (AvgIpc) is 2.51. The van der Waals surface area contributed by atoms with E-state index in [1.165, 1.54) is 7.11 Å². The minimum atomic E-state index is -0.528.